The third kappa shape index (κ3) is 4.61. The molecule has 0 bridgehead atoms. The van der Waals surface area contributed by atoms with Crippen molar-refractivity contribution >= 4 is 17.7 Å². The van der Waals surface area contributed by atoms with Gasteiger partial charge in [0, 0.05) is 48.6 Å². The van der Waals surface area contributed by atoms with Gasteiger partial charge < -0.3 is 21.7 Å². The Hall–Kier alpha value is -2.96. The van der Waals surface area contributed by atoms with Crippen molar-refractivity contribution in [2.75, 3.05) is 20.1 Å². The fourth-order valence-corrected chi connectivity index (χ4v) is 3.74. The van der Waals surface area contributed by atoms with E-state index in [0.717, 1.165) is 47.8 Å². The normalized spacial score (nSPS) is 15.5. The summed E-state index contributed by atoms with van der Waals surface area (Å²) in [5.74, 6) is -0.0746. The molecular formula is C24H29N5O. The molecule has 0 saturated heterocycles. The van der Waals surface area contributed by atoms with Gasteiger partial charge in [0.2, 0.25) is 0 Å². The number of likely N-dealkylation sites (N-methyl/N-ethyl adjacent to an activating group) is 1. The zero-order valence-electron chi connectivity index (χ0n) is 17.4. The van der Waals surface area contributed by atoms with E-state index in [9.17, 15) is 4.79 Å². The molecule has 0 unspecified atom stereocenters. The lowest BCUT2D eigenvalue weighted by atomic mass is 10.0. The van der Waals surface area contributed by atoms with E-state index in [4.69, 9.17) is 16.5 Å². The van der Waals surface area contributed by atoms with Crippen LogP contribution >= 0.6 is 0 Å². The number of fused-ring (bicyclic) bond motifs is 1. The molecule has 0 spiro atoms. The Morgan fingerprint density at radius 3 is 2.90 bits per heavy atom. The number of benzene rings is 1. The lowest BCUT2D eigenvalue weighted by Crippen LogP contribution is -2.41. The van der Waals surface area contributed by atoms with Crippen molar-refractivity contribution in [2.24, 2.45) is 11.5 Å². The second-order valence-electron chi connectivity index (χ2n) is 8.11. The minimum Gasteiger partial charge on any atom is -0.401 e. The summed E-state index contributed by atoms with van der Waals surface area (Å²) in [5.41, 5.74) is 16.2. The Balaban J connectivity index is 1.79. The molecule has 156 valence electrons. The SMILES string of the molecule is CN(CCN)Cc1cccc(-c2cc(C(=O)NC3CC3)c3c(n2)=CC=CCC=3N)c1. The Kier molecular flexibility index (Phi) is 5.97. The summed E-state index contributed by atoms with van der Waals surface area (Å²) in [6.45, 7) is 2.27. The predicted octanol–water partition coefficient (Wildman–Crippen LogP) is 0.839. The molecule has 1 heterocycles. The number of carbonyl (C=O) groups excluding carboxylic acids is 1. The van der Waals surface area contributed by atoms with Crippen LogP contribution in [0.4, 0.5) is 0 Å². The first-order valence-corrected chi connectivity index (χ1v) is 10.5. The van der Waals surface area contributed by atoms with Gasteiger partial charge in [0.1, 0.15) is 0 Å². The van der Waals surface area contributed by atoms with Crippen LogP contribution in [0, 0.1) is 0 Å². The molecule has 0 radical (unpaired) electrons. The lowest BCUT2D eigenvalue weighted by molar-refractivity contribution is 0.0950. The van der Waals surface area contributed by atoms with E-state index in [2.05, 4.69) is 29.4 Å². The van der Waals surface area contributed by atoms with Crippen molar-refractivity contribution in [3.05, 3.63) is 64.2 Å². The van der Waals surface area contributed by atoms with Gasteiger partial charge in [-0.25, -0.2) is 4.98 Å². The van der Waals surface area contributed by atoms with Crippen LogP contribution in [0.5, 0.6) is 0 Å². The van der Waals surface area contributed by atoms with Gasteiger partial charge in [-0.3, -0.25) is 4.79 Å². The van der Waals surface area contributed by atoms with Crippen LogP contribution in [0.3, 0.4) is 0 Å². The molecule has 6 heteroatoms. The Morgan fingerprint density at radius 2 is 2.13 bits per heavy atom. The molecule has 1 saturated carbocycles. The zero-order valence-corrected chi connectivity index (χ0v) is 17.4. The van der Waals surface area contributed by atoms with Gasteiger partial charge in [-0.05, 0) is 43.7 Å². The van der Waals surface area contributed by atoms with Gasteiger partial charge in [0.25, 0.3) is 5.91 Å². The number of aromatic nitrogens is 1. The second kappa shape index (κ2) is 8.81. The summed E-state index contributed by atoms with van der Waals surface area (Å²) in [4.78, 5) is 20.1. The third-order valence-electron chi connectivity index (χ3n) is 5.44. The fraction of sp³-hybridized carbons (Fsp3) is 0.333. The summed E-state index contributed by atoms with van der Waals surface area (Å²) < 4.78 is 0. The largest absolute Gasteiger partial charge is 0.401 e. The number of pyridine rings is 1. The molecule has 1 aromatic heterocycles. The Bertz CT molecular complexity index is 1100. The summed E-state index contributed by atoms with van der Waals surface area (Å²) in [7, 11) is 2.06. The van der Waals surface area contributed by atoms with Gasteiger partial charge in [0.15, 0.2) is 0 Å². The van der Waals surface area contributed by atoms with Gasteiger partial charge in [-0.2, -0.15) is 0 Å². The van der Waals surface area contributed by atoms with Crippen molar-refractivity contribution in [3.63, 3.8) is 0 Å². The number of hydrogen-bond donors (Lipinski definition) is 3. The van der Waals surface area contributed by atoms with Crippen LogP contribution in [0.2, 0.25) is 0 Å². The fourth-order valence-electron chi connectivity index (χ4n) is 3.74. The highest BCUT2D eigenvalue weighted by molar-refractivity contribution is 5.96. The molecule has 1 fully saturated rings. The molecule has 2 aromatic rings. The molecule has 1 amide bonds. The minimum absolute atomic E-state index is 0.0746. The highest BCUT2D eigenvalue weighted by Crippen LogP contribution is 2.21. The molecule has 30 heavy (non-hydrogen) atoms. The van der Waals surface area contributed by atoms with Gasteiger partial charge in [0.05, 0.1) is 16.6 Å². The van der Waals surface area contributed by atoms with Crippen molar-refractivity contribution in [1.82, 2.24) is 15.2 Å². The van der Waals surface area contributed by atoms with Gasteiger partial charge >= 0.3 is 0 Å². The summed E-state index contributed by atoms with van der Waals surface area (Å²) >= 11 is 0. The maximum absolute atomic E-state index is 13.0. The number of amides is 1. The van der Waals surface area contributed by atoms with E-state index >= 15 is 0 Å². The average Bonchev–Trinajstić information content (AvgIpc) is 3.56. The van der Waals surface area contributed by atoms with E-state index in [1.54, 1.807) is 0 Å². The third-order valence-corrected chi connectivity index (χ3v) is 5.44. The van der Waals surface area contributed by atoms with Crippen molar-refractivity contribution in [2.45, 2.75) is 31.8 Å². The predicted molar refractivity (Wildman–Crippen MR) is 121 cm³/mol. The van der Waals surface area contributed by atoms with Crippen LogP contribution in [-0.4, -0.2) is 42.0 Å². The number of carbonyl (C=O) groups is 1. The molecule has 6 nitrogen and oxygen atoms in total. The zero-order chi connectivity index (χ0) is 21.1. The summed E-state index contributed by atoms with van der Waals surface area (Å²) in [5, 5.41) is 4.59. The number of nitrogens with two attached hydrogens (primary N) is 2. The number of allylic oxidation sites excluding steroid dienone is 1. The monoisotopic (exact) mass is 403 g/mol. The molecule has 0 aliphatic heterocycles. The van der Waals surface area contributed by atoms with E-state index in [0.29, 0.717) is 24.2 Å². The van der Waals surface area contributed by atoms with E-state index in [1.807, 2.05) is 36.4 Å². The standard InChI is InChI=1S/C24H29N5O/c1-29(12-11-25)15-16-5-4-6-17(13-16)22-14-19(24(30)27-18-9-10-18)23-20(26)7-2-3-8-21(23)28-22/h2-6,8,13-14,18H,7,9-12,15,25-26H2,1H3,(H,27,30). The number of hydrogen-bond acceptors (Lipinski definition) is 5. The molecule has 5 N–H and O–H groups in total. The molecule has 0 atom stereocenters. The maximum Gasteiger partial charge on any atom is 0.252 e. The first-order chi connectivity index (χ1) is 14.5. The molecule has 1 aromatic carbocycles. The van der Waals surface area contributed by atoms with Gasteiger partial charge in [-0.15, -0.1) is 0 Å². The first kappa shape index (κ1) is 20.3. The quantitative estimate of drug-likeness (QED) is 0.637. The number of rotatable bonds is 7. The molecule has 4 rings (SSSR count). The van der Waals surface area contributed by atoms with E-state index in [1.165, 1.54) is 5.56 Å². The highest BCUT2D eigenvalue weighted by Gasteiger charge is 2.25. The second-order valence-corrected chi connectivity index (χ2v) is 8.11. The number of nitrogens with one attached hydrogen (secondary N) is 1. The average molecular weight is 404 g/mol. The summed E-state index contributed by atoms with van der Waals surface area (Å²) in [6.07, 6.45) is 8.57. The maximum atomic E-state index is 13.0. The minimum atomic E-state index is -0.0746. The van der Waals surface area contributed by atoms with E-state index < -0.39 is 0 Å². The van der Waals surface area contributed by atoms with Crippen molar-refractivity contribution in [3.8, 4) is 11.3 Å². The van der Waals surface area contributed by atoms with Crippen LogP contribution in [0.1, 0.15) is 35.2 Å². The van der Waals surface area contributed by atoms with E-state index in [-0.39, 0.29) is 11.9 Å². The Labute approximate surface area is 177 Å². The number of nitrogens with zero attached hydrogens (tertiary/aromatic N) is 2. The smallest absolute Gasteiger partial charge is 0.252 e. The highest BCUT2D eigenvalue weighted by atomic mass is 16.1. The molecular weight excluding hydrogens is 374 g/mol. The Morgan fingerprint density at radius 1 is 1.30 bits per heavy atom. The van der Waals surface area contributed by atoms with Crippen molar-refractivity contribution in [1.29, 1.82) is 0 Å². The molecule has 2 aliphatic rings. The van der Waals surface area contributed by atoms with Crippen molar-refractivity contribution < 1.29 is 4.79 Å². The topological polar surface area (TPSA) is 97.3 Å². The van der Waals surface area contributed by atoms with Gasteiger partial charge in [-0.1, -0.05) is 30.4 Å². The van der Waals surface area contributed by atoms with Crippen LogP contribution in [0.15, 0.2) is 42.5 Å². The first-order valence-electron chi connectivity index (χ1n) is 10.5. The molecule has 2 aliphatic carbocycles. The van der Waals surface area contributed by atoms with Crippen LogP contribution in [-0.2, 0) is 6.54 Å². The van der Waals surface area contributed by atoms with Crippen LogP contribution < -0.4 is 27.4 Å². The summed E-state index contributed by atoms with van der Waals surface area (Å²) in [6, 6.07) is 10.4. The lowest BCUT2D eigenvalue weighted by Gasteiger charge is -2.16. The van der Waals surface area contributed by atoms with Crippen LogP contribution in [0.25, 0.3) is 23.0 Å².